The fourth-order valence-corrected chi connectivity index (χ4v) is 2.67. The van der Waals surface area contributed by atoms with Crippen LogP contribution in [0.2, 0.25) is 0 Å². The Hall–Kier alpha value is -2.05. The summed E-state index contributed by atoms with van der Waals surface area (Å²) in [5.41, 5.74) is -1.38. The molecule has 0 radical (unpaired) electrons. The molecule has 0 heterocycles. The predicted octanol–water partition coefficient (Wildman–Crippen LogP) is 3.18. The number of nitrogens with one attached hydrogen (secondary N) is 1. The van der Waals surface area contributed by atoms with E-state index in [4.69, 9.17) is 0 Å². The molecule has 1 aliphatic rings. The average molecular weight is 298 g/mol. The number of hydrogen-bond acceptors (Lipinski definition) is 3. The molecule has 0 spiro atoms. The molecule has 1 fully saturated rings. The highest BCUT2D eigenvalue weighted by molar-refractivity contribution is 5.95. The van der Waals surface area contributed by atoms with Gasteiger partial charge in [0.2, 0.25) is 5.82 Å². The Balaban J connectivity index is 2.17. The Kier molecular flexibility index (Phi) is 3.93. The summed E-state index contributed by atoms with van der Waals surface area (Å²) in [7, 11) is 0. The van der Waals surface area contributed by atoms with Crippen LogP contribution in [0.1, 0.15) is 43.5 Å². The number of carbonyl (C=O) groups is 1. The van der Waals surface area contributed by atoms with E-state index in [9.17, 15) is 23.7 Å². The second-order valence-electron chi connectivity index (χ2n) is 6.12. The van der Waals surface area contributed by atoms with Crippen molar-refractivity contribution in [3.63, 3.8) is 0 Å². The molecule has 5 nitrogen and oxygen atoms in total. The number of nitro benzene ring substituents is 1. The van der Waals surface area contributed by atoms with Gasteiger partial charge in [-0.15, -0.1) is 0 Å². The summed E-state index contributed by atoms with van der Waals surface area (Å²) in [6.07, 6.45) is 2.47. The van der Waals surface area contributed by atoms with Gasteiger partial charge in [-0.05, 0) is 30.7 Å². The first-order chi connectivity index (χ1) is 9.69. The summed E-state index contributed by atoms with van der Waals surface area (Å²) in [6, 6.07) is 0.913. The smallest absolute Gasteiger partial charge is 0.307 e. The van der Waals surface area contributed by atoms with Crippen LogP contribution in [0.5, 0.6) is 0 Å². The molecule has 1 aromatic carbocycles. The molecule has 7 heteroatoms. The van der Waals surface area contributed by atoms with Crippen LogP contribution in [0.25, 0.3) is 0 Å². The van der Waals surface area contributed by atoms with Crippen LogP contribution < -0.4 is 5.32 Å². The fourth-order valence-electron chi connectivity index (χ4n) is 2.67. The topological polar surface area (TPSA) is 72.2 Å². The normalized spacial score (nSPS) is 20.3. The van der Waals surface area contributed by atoms with Crippen LogP contribution in [0.4, 0.5) is 14.5 Å². The lowest BCUT2D eigenvalue weighted by Gasteiger charge is -2.18. The number of nitrogens with zero attached hydrogens (tertiary/aromatic N) is 1. The molecule has 21 heavy (non-hydrogen) atoms. The van der Waals surface area contributed by atoms with Gasteiger partial charge in [0.25, 0.3) is 5.91 Å². The van der Waals surface area contributed by atoms with Crippen molar-refractivity contribution >= 4 is 11.6 Å². The molecular weight excluding hydrogens is 282 g/mol. The van der Waals surface area contributed by atoms with Crippen LogP contribution in [-0.4, -0.2) is 16.9 Å². The van der Waals surface area contributed by atoms with Gasteiger partial charge < -0.3 is 5.32 Å². The molecular formula is C14H16F2N2O3. The molecule has 0 aromatic heterocycles. The van der Waals surface area contributed by atoms with Crippen LogP contribution >= 0.6 is 0 Å². The molecule has 1 aromatic rings. The molecule has 1 amide bonds. The Morgan fingerprint density at radius 2 is 2.05 bits per heavy atom. The van der Waals surface area contributed by atoms with Gasteiger partial charge in [0.1, 0.15) is 5.82 Å². The molecule has 1 unspecified atom stereocenters. The summed E-state index contributed by atoms with van der Waals surface area (Å²) in [5, 5.41) is 13.2. The van der Waals surface area contributed by atoms with Crippen molar-refractivity contribution in [1.82, 2.24) is 5.32 Å². The molecule has 0 aliphatic heterocycles. The predicted molar refractivity (Wildman–Crippen MR) is 71.9 cm³/mol. The zero-order valence-electron chi connectivity index (χ0n) is 11.8. The number of nitro groups is 1. The number of benzene rings is 1. The number of hydrogen-bond donors (Lipinski definition) is 1. The van der Waals surface area contributed by atoms with Crippen LogP contribution in [0.15, 0.2) is 12.1 Å². The highest BCUT2D eigenvalue weighted by Gasteiger charge is 2.32. The van der Waals surface area contributed by atoms with Gasteiger partial charge in [-0.3, -0.25) is 14.9 Å². The van der Waals surface area contributed by atoms with Gasteiger partial charge in [-0.25, -0.2) is 4.39 Å². The third-order valence-electron chi connectivity index (χ3n) is 3.78. The zero-order chi connectivity index (χ0) is 15.8. The Labute approximate surface area is 120 Å². The summed E-state index contributed by atoms with van der Waals surface area (Å²) >= 11 is 0. The second-order valence-corrected chi connectivity index (χ2v) is 6.12. The monoisotopic (exact) mass is 298 g/mol. The average Bonchev–Trinajstić information content (AvgIpc) is 2.70. The highest BCUT2D eigenvalue weighted by atomic mass is 19.1. The van der Waals surface area contributed by atoms with Crippen LogP contribution in [-0.2, 0) is 0 Å². The van der Waals surface area contributed by atoms with E-state index in [1.807, 2.05) is 0 Å². The van der Waals surface area contributed by atoms with Crippen molar-refractivity contribution in [3.8, 4) is 0 Å². The van der Waals surface area contributed by atoms with E-state index in [-0.39, 0.29) is 11.5 Å². The van der Waals surface area contributed by atoms with Gasteiger partial charge in [0.05, 0.1) is 16.6 Å². The second kappa shape index (κ2) is 5.38. The third-order valence-corrected chi connectivity index (χ3v) is 3.78. The highest BCUT2D eigenvalue weighted by Crippen LogP contribution is 2.37. The Morgan fingerprint density at radius 1 is 1.38 bits per heavy atom. The van der Waals surface area contributed by atoms with Gasteiger partial charge in [-0.1, -0.05) is 13.8 Å². The first-order valence-electron chi connectivity index (χ1n) is 6.64. The molecule has 114 valence electrons. The maximum Gasteiger partial charge on any atom is 0.307 e. The van der Waals surface area contributed by atoms with Crippen molar-refractivity contribution in [2.45, 2.75) is 39.2 Å². The van der Waals surface area contributed by atoms with Crippen molar-refractivity contribution in [2.24, 2.45) is 5.41 Å². The summed E-state index contributed by atoms with van der Waals surface area (Å²) in [4.78, 5) is 21.5. The lowest BCUT2D eigenvalue weighted by atomic mass is 9.92. The van der Waals surface area contributed by atoms with E-state index in [0.717, 1.165) is 19.3 Å². The standard InChI is InChI=1S/C14H16F2N2O3/c1-14(2)4-3-8(7-14)17-13(19)9-5-11(16)12(18(20)21)6-10(9)15/h5-6,8H,3-4,7H2,1-2H3,(H,17,19). The molecule has 1 aliphatic carbocycles. The van der Waals surface area contributed by atoms with Crippen LogP contribution in [0.3, 0.4) is 0 Å². The molecule has 0 saturated heterocycles. The maximum atomic E-state index is 13.7. The van der Waals surface area contributed by atoms with Crippen molar-refractivity contribution < 1.29 is 18.5 Å². The molecule has 1 N–H and O–H groups in total. The minimum Gasteiger partial charge on any atom is -0.349 e. The minimum atomic E-state index is -1.22. The summed E-state index contributed by atoms with van der Waals surface area (Å²) < 4.78 is 27.2. The van der Waals surface area contributed by atoms with Crippen molar-refractivity contribution in [2.75, 3.05) is 0 Å². The minimum absolute atomic E-state index is 0.0925. The van der Waals surface area contributed by atoms with Gasteiger partial charge in [0.15, 0.2) is 0 Å². The van der Waals surface area contributed by atoms with Gasteiger partial charge >= 0.3 is 5.69 Å². The van der Waals surface area contributed by atoms with E-state index in [1.165, 1.54) is 0 Å². The number of rotatable bonds is 3. The zero-order valence-corrected chi connectivity index (χ0v) is 11.8. The SMILES string of the molecule is CC1(C)CCC(NC(=O)c2cc(F)c([N+](=O)[O-])cc2F)C1. The van der Waals surface area contributed by atoms with Gasteiger partial charge in [-0.2, -0.15) is 4.39 Å². The number of amides is 1. The van der Waals surface area contributed by atoms with E-state index < -0.39 is 33.7 Å². The summed E-state index contributed by atoms with van der Waals surface area (Å²) in [5.74, 6) is -3.07. The van der Waals surface area contributed by atoms with Gasteiger partial charge in [0, 0.05) is 6.04 Å². The lowest BCUT2D eigenvalue weighted by Crippen LogP contribution is -2.34. The fraction of sp³-hybridized carbons (Fsp3) is 0.500. The third kappa shape index (κ3) is 3.34. The number of carbonyl (C=O) groups excluding carboxylic acids is 1. The lowest BCUT2D eigenvalue weighted by molar-refractivity contribution is -0.387. The molecule has 1 atom stereocenters. The molecule has 1 saturated carbocycles. The van der Waals surface area contributed by atoms with E-state index >= 15 is 0 Å². The molecule has 0 bridgehead atoms. The van der Waals surface area contributed by atoms with Crippen LogP contribution in [0, 0.1) is 27.2 Å². The largest absolute Gasteiger partial charge is 0.349 e. The first-order valence-corrected chi connectivity index (χ1v) is 6.64. The summed E-state index contributed by atoms with van der Waals surface area (Å²) in [6.45, 7) is 4.15. The van der Waals surface area contributed by atoms with E-state index in [1.54, 1.807) is 0 Å². The quantitative estimate of drug-likeness (QED) is 0.688. The Morgan fingerprint density at radius 3 is 2.57 bits per heavy atom. The van der Waals surface area contributed by atoms with E-state index in [2.05, 4.69) is 19.2 Å². The maximum absolute atomic E-state index is 13.7. The first kappa shape index (κ1) is 15.3. The van der Waals surface area contributed by atoms with Crippen molar-refractivity contribution in [3.05, 3.63) is 39.4 Å². The van der Waals surface area contributed by atoms with Crippen molar-refractivity contribution in [1.29, 1.82) is 0 Å². The molecule has 2 rings (SSSR count). The number of halogens is 2. The van der Waals surface area contributed by atoms with E-state index in [0.29, 0.717) is 12.1 Å². The Bertz CT molecular complexity index is 602.